The quantitative estimate of drug-likeness (QED) is 0.773. The standard InChI is InChI=1S/C18H28N2O2S/c1-18(2,3)22-17(21)20-16-6-4-14(5-7-16)8-10-19-12-15-9-11-23-13-15/h4-7,15,19H,8-13H2,1-3H3,(H,20,21). The lowest BCUT2D eigenvalue weighted by atomic mass is 10.1. The number of carbonyl (C=O) groups excluding carboxylic acids is 1. The minimum absolute atomic E-state index is 0.415. The van der Waals surface area contributed by atoms with Crippen LogP contribution in [0.25, 0.3) is 0 Å². The Morgan fingerprint density at radius 1 is 1.30 bits per heavy atom. The second-order valence-corrected chi connectivity index (χ2v) is 8.16. The van der Waals surface area contributed by atoms with Crippen LogP contribution < -0.4 is 10.6 Å². The van der Waals surface area contributed by atoms with Crippen molar-refractivity contribution in [2.24, 2.45) is 5.92 Å². The Morgan fingerprint density at radius 3 is 2.65 bits per heavy atom. The van der Waals surface area contributed by atoms with E-state index in [1.807, 2.05) is 32.9 Å². The molecule has 0 saturated carbocycles. The summed E-state index contributed by atoms with van der Waals surface area (Å²) in [6.45, 7) is 7.69. The van der Waals surface area contributed by atoms with E-state index in [0.717, 1.165) is 31.1 Å². The largest absolute Gasteiger partial charge is 0.444 e. The van der Waals surface area contributed by atoms with Gasteiger partial charge in [0.05, 0.1) is 0 Å². The van der Waals surface area contributed by atoms with Crippen LogP contribution in [0.1, 0.15) is 32.8 Å². The molecule has 0 aromatic heterocycles. The number of thioether (sulfide) groups is 1. The Labute approximate surface area is 143 Å². The third-order valence-electron chi connectivity index (χ3n) is 3.65. The van der Waals surface area contributed by atoms with Crippen molar-refractivity contribution in [3.05, 3.63) is 29.8 Å². The molecule has 1 aromatic carbocycles. The van der Waals surface area contributed by atoms with Gasteiger partial charge in [-0.15, -0.1) is 0 Å². The number of ether oxygens (including phenoxy) is 1. The Kier molecular flexibility index (Phi) is 6.78. The van der Waals surface area contributed by atoms with E-state index >= 15 is 0 Å². The highest BCUT2D eigenvalue weighted by Crippen LogP contribution is 2.22. The molecule has 0 spiro atoms. The Hall–Kier alpha value is -1.20. The van der Waals surface area contributed by atoms with Crippen LogP contribution in [0.15, 0.2) is 24.3 Å². The van der Waals surface area contributed by atoms with E-state index in [1.54, 1.807) is 0 Å². The summed E-state index contributed by atoms with van der Waals surface area (Å²) in [6.07, 6.45) is 1.94. The molecule has 128 valence electrons. The fraction of sp³-hybridized carbons (Fsp3) is 0.611. The molecule has 0 bridgehead atoms. The van der Waals surface area contributed by atoms with Crippen molar-refractivity contribution in [2.75, 3.05) is 29.9 Å². The number of hydrogen-bond acceptors (Lipinski definition) is 4. The molecular weight excluding hydrogens is 308 g/mol. The zero-order valence-corrected chi connectivity index (χ0v) is 15.2. The van der Waals surface area contributed by atoms with Crippen LogP contribution in [0.4, 0.5) is 10.5 Å². The normalized spacial score (nSPS) is 18.0. The van der Waals surface area contributed by atoms with E-state index in [4.69, 9.17) is 4.74 Å². The first-order chi connectivity index (χ1) is 10.9. The molecule has 1 amide bonds. The second kappa shape index (κ2) is 8.60. The summed E-state index contributed by atoms with van der Waals surface area (Å²) in [5.74, 6) is 3.47. The molecule has 23 heavy (non-hydrogen) atoms. The van der Waals surface area contributed by atoms with E-state index in [1.165, 1.54) is 23.5 Å². The number of anilines is 1. The van der Waals surface area contributed by atoms with Crippen molar-refractivity contribution < 1.29 is 9.53 Å². The molecule has 1 aliphatic rings. The van der Waals surface area contributed by atoms with Gasteiger partial charge >= 0.3 is 6.09 Å². The Balaban J connectivity index is 1.68. The molecule has 1 aromatic rings. The van der Waals surface area contributed by atoms with E-state index in [0.29, 0.717) is 0 Å². The smallest absolute Gasteiger partial charge is 0.412 e. The Bertz CT molecular complexity index is 491. The van der Waals surface area contributed by atoms with Crippen LogP contribution in [0.5, 0.6) is 0 Å². The molecule has 1 atom stereocenters. The van der Waals surface area contributed by atoms with Crippen molar-refractivity contribution in [3.8, 4) is 0 Å². The van der Waals surface area contributed by atoms with Gasteiger partial charge in [-0.05, 0) is 81.8 Å². The van der Waals surface area contributed by atoms with E-state index in [9.17, 15) is 4.79 Å². The number of hydrogen-bond donors (Lipinski definition) is 2. The summed E-state index contributed by atoms with van der Waals surface area (Å²) in [4.78, 5) is 11.7. The average Bonchev–Trinajstić information content (AvgIpc) is 2.96. The van der Waals surface area contributed by atoms with Crippen LogP contribution in [-0.4, -0.2) is 36.3 Å². The van der Waals surface area contributed by atoms with Gasteiger partial charge in [0.15, 0.2) is 0 Å². The maximum Gasteiger partial charge on any atom is 0.412 e. The molecule has 2 N–H and O–H groups in total. The van der Waals surface area contributed by atoms with Crippen LogP contribution >= 0.6 is 11.8 Å². The lowest BCUT2D eigenvalue weighted by molar-refractivity contribution is 0.0636. The highest BCUT2D eigenvalue weighted by molar-refractivity contribution is 7.99. The number of nitrogens with one attached hydrogen (secondary N) is 2. The summed E-state index contributed by atoms with van der Waals surface area (Å²) >= 11 is 2.06. The van der Waals surface area contributed by atoms with Gasteiger partial charge in [0.25, 0.3) is 0 Å². The molecule has 0 aliphatic carbocycles. The molecule has 0 radical (unpaired) electrons. The first-order valence-electron chi connectivity index (χ1n) is 8.30. The lowest BCUT2D eigenvalue weighted by Crippen LogP contribution is -2.27. The highest BCUT2D eigenvalue weighted by atomic mass is 32.2. The summed E-state index contributed by atoms with van der Waals surface area (Å²) in [5, 5.41) is 6.30. The molecule has 1 aliphatic heterocycles. The van der Waals surface area contributed by atoms with Crippen LogP contribution in [0, 0.1) is 5.92 Å². The van der Waals surface area contributed by atoms with Gasteiger partial charge in [0.2, 0.25) is 0 Å². The fourth-order valence-corrected chi connectivity index (χ4v) is 3.74. The number of carbonyl (C=O) groups is 1. The average molecular weight is 337 g/mol. The van der Waals surface area contributed by atoms with Crippen molar-refractivity contribution in [1.82, 2.24) is 5.32 Å². The molecule has 1 unspecified atom stereocenters. The van der Waals surface area contributed by atoms with E-state index in [2.05, 4.69) is 34.5 Å². The molecule has 1 fully saturated rings. The summed E-state index contributed by atoms with van der Waals surface area (Å²) in [7, 11) is 0. The number of amides is 1. The molecule has 1 heterocycles. The van der Waals surface area contributed by atoms with Gasteiger partial charge in [0.1, 0.15) is 5.60 Å². The first-order valence-corrected chi connectivity index (χ1v) is 9.45. The number of benzene rings is 1. The topological polar surface area (TPSA) is 50.4 Å². The third kappa shape index (κ3) is 7.27. The molecule has 4 nitrogen and oxygen atoms in total. The maximum absolute atomic E-state index is 11.7. The van der Waals surface area contributed by atoms with Crippen molar-refractivity contribution >= 4 is 23.5 Å². The predicted molar refractivity (Wildman–Crippen MR) is 98.3 cm³/mol. The summed E-state index contributed by atoms with van der Waals surface area (Å²) in [6, 6.07) is 7.96. The zero-order valence-electron chi connectivity index (χ0n) is 14.4. The predicted octanol–water partition coefficient (Wildman–Crippen LogP) is 3.92. The van der Waals surface area contributed by atoms with E-state index in [-0.39, 0.29) is 0 Å². The van der Waals surface area contributed by atoms with Crippen molar-refractivity contribution in [1.29, 1.82) is 0 Å². The van der Waals surface area contributed by atoms with Crippen LogP contribution in [-0.2, 0) is 11.2 Å². The minimum atomic E-state index is -0.479. The molecular formula is C18H28N2O2S. The third-order valence-corrected chi connectivity index (χ3v) is 4.88. The fourth-order valence-electron chi connectivity index (χ4n) is 2.46. The Morgan fingerprint density at radius 2 is 2.04 bits per heavy atom. The SMILES string of the molecule is CC(C)(C)OC(=O)Nc1ccc(CCNCC2CCSC2)cc1. The van der Waals surface area contributed by atoms with Crippen molar-refractivity contribution in [2.45, 2.75) is 39.2 Å². The maximum atomic E-state index is 11.7. The van der Waals surface area contributed by atoms with Gasteiger partial charge in [0, 0.05) is 5.69 Å². The van der Waals surface area contributed by atoms with E-state index < -0.39 is 11.7 Å². The minimum Gasteiger partial charge on any atom is -0.444 e. The summed E-state index contributed by atoms with van der Waals surface area (Å²) < 4.78 is 5.24. The zero-order chi connectivity index (χ0) is 16.7. The van der Waals surface area contributed by atoms with Gasteiger partial charge < -0.3 is 10.1 Å². The monoisotopic (exact) mass is 336 g/mol. The molecule has 5 heteroatoms. The molecule has 2 rings (SSSR count). The van der Waals surface area contributed by atoms with Gasteiger partial charge in [-0.2, -0.15) is 11.8 Å². The molecule has 1 saturated heterocycles. The highest BCUT2D eigenvalue weighted by Gasteiger charge is 2.16. The second-order valence-electron chi connectivity index (χ2n) is 7.01. The first kappa shape index (κ1) is 18.1. The van der Waals surface area contributed by atoms with Crippen LogP contribution in [0.3, 0.4) is 0 Å². The lowest BCUT2D eigenvalue weighted by Gasteiger charge is -2.19. The van der Waals surface area contributed by atoms with Crippen molar-refractivity contribution in [3.63, 3.8) is 0 Å². The van der Waals surface area contributed by atoms with Crippen LogP contribution in [0.2, 0.25) is 0 Å². The van der Waals surface area contributed by atoms with Gasteiger partial charge in [-0.25, -0.2) is 4.79 Å². The number of rotatable bonds is 6. The summed E-state index contributed by atoms with van der Waals surface area (Å²) in [5.41, 5.74) is 1.56. The van der Waals surface area contributed by atoms with Gasteiger partial charge in [-0.3, -0.25) is 5.32 Å². The van der Waals surface area contributed by atoms with Gasteiger partial charge in [-0.1, -0.05) is 12.1 Å².